The number of ether oxygens (including phenoxy) is 1. The van der Waals surface area contributed by atoms with Crippen molar-refractivity contribution < 1.29 is 19.4 Å². The SMILES string of the molecule is COC(=O)C(c1cccc([N+](=O)[O-])c1)c1ccccc1[N+](=O)[O-]. The van der Waals surface area contributed by atoms with E-state index < -0.39 is 21.7 Å². The zero-order valence-corrected chi connectivity index (χ0v) is 12.0. The molecule has 0 amide bonds. The Morgan fingerprint density at radius 3 is 2.35 bits per heavy atom. The molecule has 2 aromatic carbocycles. The maximum absolute atomic E-state index is 12.2. The fraction of sp³-hybridized carbons (Fsp3) is 0.133. The molecule has 8 nitrogen and oxygen atoms in total. The third-order valence-corrected chi connectivity index (χ3v) is 3.30. The number of esters is 1. The first-order valence-corrected chi connectivity index (χ1v) is 6.51. The Balaban J connectivity index is 2.64. The molecule has 8 heteroatoms. The average molecular weight is 316 g/mol. The Hall–Kier alpha value is -3.29. The Labute approximate surface area is 130 Å². The zero-order valence-electron chi connectivity index (χ0n) is 12.0. The van der Waals surface area contributed by atoms with Gasteiger partial charge in [0.1, 0.15) is 5.92 Å². The molecule has 1 atom stereocenters. The van der Waals surface area contributed by atoms with E-state index in [1.807, 2.05) is 0 Å². The van der Waals surface area contributed by atoms with E-state index in [0.717, 1.165) is 7.11 Å². The van der Waals surface area contributed by atoms with Crippen LogP contribution in [-0.2, 0) is 9.53 Å². The Kier molecular flexibility index (Phi) is 4.65. The summed E-state index contributed by atoms with van der Waals surface area (Å²) in [7, 11) is 1.15. The number of carbonyl (C=O) groups is 1. The predicted octanol–water partition coefficient (Wildman–Crippen LogP) is 2.81. The quantitative estimate of drug-likeness (QED) is 0.476. The minimum atomic E-state index is -1.12. The largest absolute Gasteiger partial charge is 0.468 e. The summed E-state index contributed by atoms with van der Waals surface area (Å²) in [6, 6.07) is 11.1. The van der Waals surface area contributed by atoms with Crippen molar-refractivity contribution >= 4 is 17.3 Å². The molecule has 0 bridgehead atoms. The first-order valence-electron chi connectivity index (χ1n) is 6.51. The first-order chi connectivity index (χ1) is 11.0. The van der Waals surface area contributed by atoms with Gasteiger partial charge in [-0.2, -0.15) is 0 Å². The highest BCUT2D eigenvalue weighted by molar-refractivity contribution is 5.84. The highest BCUT2D eigenvalue weighted by atomic mass is 16.6. The Morgan fingerprint density at radius 2 is 1.74 bits per heavy atom. The molecule has 1 unspecified atom stereocenters. The Bertz CT molecular complexity index is 774. The van der Waals surface area contributed by atoms with Gasteiger partial charge in [-0.25, -0.2) is 0 Å². The second-order valence-corrected chi connectivity index (χ2v) is 4.62. The summed E-state index contributed by atoms with van der Waals surface area (Å²) in [6.45, 7) is 0. The molecule has 118 valence electrons. The minimum absolute atomic E-state index is 0.116. The van der Waals surface area contributed by atoms with Gasteiger partial charge >= 0.3 is 5.97 Å². The van der Waals surface area contributed by atoms with Crippen LogP contribution in [0.3, 0.4) is 0 Å². The van der Waals surface area contributed by atoms with Crippen molar-refractivity contribution in [3.05, 3.63) is 79.9 Å². The monoisotopic (exact) mass is 316 g/mol. The van der Waals surface area contributed by atoms with Gasteiger partial charge in [-0.3, -0.25) is 25.0 Å². The fourth-order valence-electron chi connectivity index (χ4n) is 2.28. The number of hydrogen-bond acceptors (Lipinski definition) is 6. The lowest BCUT2D eigenvalue weighted by molar-refractivity contribution is -0.385. The number of carbonyl (C=O) groups excluding carboxylic acids is 1. The van der Waals surface area contributed by atoms with Crippen molar-refractivity contribution in [1.82, 2.24) is 0 Å². The molecule has 0 fully saturated rings. The molecule has 0 aliphatic rings. The van der Waals surface area contributed by atoms with Crippen molar-refractivity contribution in [3.8, 4) is 0 Å². The highest BCUT2D eigenvalue weighted by Crippen LogP contribution is 2.33. The summed E-state index contributed by atoms with van der Waals surface area (Å²) in [5, 5.41) is 22.1. The van der Waals surface area contributed by atoms with Crippen LogP contribution in [0.15, 0.2) is 48.5 Å². The second-order valence-electron chi connectivity index (χ2n) is 4.62. The van der Waals surface area contributed by atoms with Crippen LogP contribution in [0.5, 0.6) is 0 Å². The standard InChI is InChI=1S/C15H12N2O6/c1-23-15(18)14(10-5-4-6-11(9-10)16(19)20)12-7-2-3-8-13(12)17(21)22/h2-9,14H,1H3. The van der Waals surface area contributed by atoms with Crippen molar-refractivity contribution in [3.63, 3.8) is 0 Å². The van der Waals surface area contributed by atoms with Crippen LogP contribution in [0.2, 0.25) is 0 Å². The van der Waals surface area contributed by atoms with E-state index in [2.05, 4.69) is 0 Å². The lowest BCUT2D eigenvalue weighted by Gasteiger charge is -2.15. The van der Waals surface area contributed by atoms with E-state index in [1.165, 1.54) is 42.5 Å². The predicted molar refractivity (Wildman–Crippen MR) is 80.1 cm³/mol. The molecule has 0 saturated carbocycles. The van der Waals surface area contributed by atoms with Crippen LogP contribution < -0.4 is 0 Å². The molecule has 0 spiro atoms. The van der Waals surface area contributed by atoms with Crippen molar-refractivity contribution in [2.24, 2.45) is 0 Å². The van der Waals surface area contributed by atoms with Gasteiger partial charge in [0.05, 0.1) is 17.0 Å². The fourth-order valence-corrected chi connectivity index (χ4v) is 2.28. The molecule has 0 heterocycles. The van der Waals surface area contributed by atoms with Crippen LogP contribution in [0.4, 0.5) is 11.4 Å². The van der Waals surface area contributed by atoms with E-state index in [4.69, 9.17) is 4.74 Å². The van der Waals surface area contributed by atoms with Crippen molar-refractivity contribution in [1.29, 1.82) is 0 Å². The third kappa shape index (κ3) is 3.31. The van der Waals surface area contributed by atoms with Gasteiger partial charge in [-0.15, -0.1) is 0 Å². The van der Waals surface area contributed by atoms with Crippen molar-refractivity contribution in [2.75, 3.05) is 7.11 Å². The lowest BCUT2D eigenvalue weighted by atomic mass is 9.90. The molecule has 2 rings (SSSR count). The number of non-ortho nitro benzene ring substituents is 1. The Morgan fingerprint density at radius 1 is 1.04 bits per heavy atom. The van der Waals surface area contributed by atoms with Gasteiger partial charge in [0, 0.05) is 23.8 Å². The van der Waals surface area contributed by atoms with Gasteiger partial charge in [0.25, 0.3) is 11.4 Å². The number of nitrogens with zero attached hydrogens (tertiary/aromatic N) is 2. The number of nitro groups is 2. The number of methoxy groups -OCH3 is 1. The molecule has 2 aromatic rings. The van der Waals surface area contributed by atoms with Crippen LogP contribution in [-0.4, -0.2) is 22.9 Å². The highest BCUT2D eigenvalue weighted by Gasteiger charge is 2.31. The number of hydrogen-bond donors (Lipinski definition) is 0. The van der Waals surface area contributed by atoms with E-state index in [9.17, 15) is 25.0 Å². The van der Waals surface area contributed by atoms with Gasteiger partial charge < -0.3 is 4.74 Å². The van der Waals surface area contributed by atoms with E-state index in [1.54, 1.807) is 6.07 Å². The molecule has 0 saturated heterocycles. The van der Waals surface area contributed by atoms with E-state index in [0.29, 0.717) is 0 Å². The normalized spacial score (nSPS) is 11.5. The van der Waals surface area contributed by atoms with Gasteiger partial charge in [0.2, 0.25) is 0 Å². The summed E-state index contributed by atoms with van der Waals surface area (Å²) in [4.78, 5) is 33.0. The molecular formula is C15H12N2O6. The molecule has 0 aliphatic heterocycles. The second kappa shape index (κ2) is 6.65. The minimum Gasteiger partial charge on any atom is -0.468 e. The molecule has 0 radical (unpaired) electrons. The summed E-state index contributed by atoms with van der Waals surface area (Å²) >= 11 is 0. The zero-order chi connectivity index (χ0) is 17.0. The van der Waals surface area contributed by atoms with E-state index in [-0.39, 0.29) is 22.5 Å². The third-order valence-electron chi connectivity index (χ3n) is 3.30. The summed E-state index contributed by atoms with van der Waals surface area (Å²) in [5.74, 6) is -1.86. The number of para-hydroxylation sites is 1. The molecule has 0 N–H and O–H groups in total. The first kappa shape index (κ1) is 16.1. The van der Waals surface area contributed by atoms with E-state index >= 15 is 0 Å². The van der Waals surface area contributed by atoms with Crippen LogP contribution in [0.1, 0.15) is 17.0 Å². The summed E-state index contributed by atoms with van der Waals surface area (Å²) < 4.78 is 4.72. The number of benzene rings is 2. The molecule has 0 aromatic heterocycles. The lowest BCUT2D eigenvalue weighted by Crippen LogP contribution is -2.17. The van der Waals surface area contributed by atoms with Crippen LogP contribution >= 0.6 is 0 Å². The molecule has 0 aliphatic carbocycles. The maximum Gasteiger partial charge on any atom is 0.317 e. The van der Waals surface area contributed by atoms with Crippen molar-refractivity contribution in [2.45, 2.75) is 5.92 Å². The molecular weight excluding hydrogens is 304 g/mol. The maximum atomic E-state index is 12.2. The summed E-state index contributed by atoms with van der Waals surface area (Å²) in [6.07, 6.45) is 0. The molecule has 23 heavy (non-hydrogen) atoms. The smallest absolute Gasteiger partial charge is 0.317 e. The summed E-state index contributed by atoms with van der Waals surface area (Å²) in [5.41, 5.74) is -0.102. The van der Waals surface area contributed by atoms with Crippen LogP contribution in [0.25, 0.3) is 0 Å². The van der Waals surface area contributed by atoms with Gasteiger partial charge in [-0.05, 0) is 5.56 Å². The average Bonchev–Trinajstić information content (AvgIpc) is 2.55. The number of rotatable bonds is 5. The van der Waals surface area contributed by atoms with Gasteiger partial charge in [-0.1, -0.05) is 30.3 Å². The van der Waals surface area contributed by atoms with Crippen LogP contribution in [0, 0.1) is 20.2 Å². The van der Waals surface area contributed by atoms with Gasteiger partial charge in [0.15, 0.2) is 0 Å². The topological polar surface area (TPSA) is 113 Å². The number of nitro benzene ring substituents is 2.